The van der Waals surface area contributed by atoms with Gasteiger partial charge in [-0.15, -0.1) is 0 Å². The molecule has 0 bridgehead atoms. The molecule has 0 saturated heterocycles. The molecule has 2 aromatic carbocycles. The van der Waals surface area contributed by atoms with Crippen molar-refractivity contribution in [3.8, 4) is 0 Å². The topological polar surface area (TPSA) is 57.7 Å². The summed E-state index contributed by atoms with van der Waals surface area (Å²) in [7, 11) is -3.64. The zero-order chi connectivity index (χ0) is 18.5. The SMILES string of the molecule is CC(=O)N1CCCc2cc(S(=O)(=O)N3c4ccccc4C[C@@H]3C)ccc21. The first-order valence-electron chi connectivity index (χ1n) is 8.93. The predicted octanol–water partition coefficient (Wildman–Crippen LogP) is 3.13. The first-order chi connectivity index (χ1) is 12.4. The Labute approximate surface area is 154 Å². The van der Waals surface area contributed by atoms with E-state index in [2.05, 4.69) is 0 Å². The monoisotopic (exact) mass is 370 g/mol. The molecule has 0 spiro atoms. The zero-order valence-corrected chi connectivity index (χ0v) is 15.8. The van der Waals surface area contributed by atoms with Gasteiger partial charge in [0.1, 0.15) is 0 Å². The van der Waals surface area contributed by atoms with Crippen molar-refractivity contribution in [2.75, 3.05) is 15.7 Å². The maximum atomic E-state index is 13.4. The molecule has 26 heavy (non-hydrogen) atoms. The Morgan fingerprint density at radius 1 is 1.08 bits per heavy atom. The van der Waals surface area contributed by atoms with Crippen molar-refractivity contribution in [1.29, 1.82) is 0 Å². The minimum absolute atomic E-state index is 0.0105. The smallest absolute Gasteiger partial charge is 0.264 e. The van der Waals surface area contributed by atoms with Gasteiger partial charge in [-0.2, -0.15) is 0 Å². The molecule has 0 saturated carbocycles. The van der Waals surface area contributed by atoms with Crippen molar-refractivity contribution in [2.24, 2.45) is 0 Å². The van der Waals surface area contributed by atoms with Crippen LogP contribution >= 0.6 is 0 Å². The molecule has 1 atom stereocenters. The Bertz CT molecular complexity index is 984. The normalized spacial score (nSPS) is 19.2. The molecule has 0 unspecified atom stereocenters. The van der Waals surface area contributed by atoms with Crippen LogP contribution in [0.3, 0.4) is 0 Å². The number of hydrogen-bond acceptors (Lipinski definition) is 3. The van der Waals surface area contributed by atoms with Gasteiger partial charge in [-0.25, -0.2) is 8.42 Å². The Hall–Kier alpha value is -2.34. The van der Waals surface area contributed by atoms with Crippen LogP contribution in [0.15, 0.2) is 47.4 Å². The largest absolute Gasteiger partial charge is 0.312 e. The van der Waals surface area contributed by atoms with E-state index in [-0.39, 0.29) is 11.9 Å². The third-order valence-corrected chi connectivity index (χ3v) is 7.18. The Morgan fingerprint density at radius 2 is 1.85 bits per heavy atom. The van der Waals surface area contributed by atoms with E-state index in [1.54, 1.807) is 30.0 Å². The number of aryl methyl sites for hydroxylation is 1. The van der Waals surface area contributed by atoms with Crippen LogP contribution < -0.4 is 9.21 Å². The minimum Gasteiger partial charge on any atom is -0.312 e. The summed E-state index contributed by atoms with van der Waals surface area (Å²) in [6.45, 7) is 4.17. The average molecular weight is 370 g/mol. The molecule has 0 aromatic heterocycles. The lowest BCUT2D eigenvalue weighted by Crippen LogP contribution is -2.36. The summed E-state index contributed by atoms with van der Waals surface area (Å²) in [5, 5.41) is 0. The van der Waals surface area contributed by atoms with Crippen molar-refractivity contribution < 1.29 is 13.2 Å². The first-order valence-corrected chi connectivity index (χ1v) is 10.4. The summed E-state index contributed by atoms with van der Waals surface area (Å²) in [5.41, 5.74) is 3.58. The van der Waals surface area contributed by atoms with Crippen molar-refractivity contribution in [3.63, 3.8) is 0 Å². The van der Waals surface area contributed by atoms with Gasteiger partial charge in [0.05, 0.1) is 10.6 Å². The number of para-hydroxylation sites is 1. The molecular formula is C20H22N2O3S. The van der Waals surface area contributed by atoms with Crippen LogP contribution in [-0.4, -0.2) is 26.9 Å². The molecule has 0 radical (unpaired) electrons. The number of carbonyl (C=O) groups is 1. The third kappa shape index (κ3) is 2.60. The van der Waals surface area contributed by atoms with Crippen molar-refractivity contribution in [3.05, 3.63) is 53.6 Å². The second-order valence-corrected chi connectivity index (χ2v) is 8.86. The molecule has 5 nitrogen and oxygen atoms in total. The van der Waals surface area contributed by atoms with Crippen molar-refractivity contribution in [2.45, 2.75) is 44.0 Å². The molecule has 0 aliphatic carbocycles. The summed E-state index contributed by atoms with van der Waals surface area (Å²) >= 11 is 0. The predicted molar refractivity (Wildman–Crippen MR) is 102 cm³/mol. The van der Waals surface area contributed by atoms with Gasteiger partial charge in [0.2, 0.25) is 5.91 Å². The van der Waals surface area contributed by atoms with Crippen LogP contribution in [-0.2, 0) is 27.7 Å². The number of benzene rings is 2. The molecule has 2 aromatic rings. The molecule has 2 aliphatic rings. The number of nitrogens with zero attached hydrogens (tertiary/aromatic N) is 2. The van der Waals surface area contributed by atoms with E-state index in [1.807, 2.05) is 31.2 Å². The molecule has 0 N–H and O–H groups in total. The Kier molecular flexibility index (Phi) is 4.03. The molecule has 2 heterocycles. The molecule has 6 heteroatoms. The van der Waals surface area contributed by atoms with Gasteiger partial charge in [0.15, 0.2) is 0 Å². The second-order valence-electron chi connectivity index (χ2n) is 7.05. The van der Waals surface area contributed by atoms with Gasteiger partial charge in [-0.1, -0.05) is 18.2 Å². The zero-order valence-electron chi connectivity index (χ0n) is 15.0. The Balaban J connectivity index is 1.77. The summed E-state index contributed by atoms with van der Waals surface area (Å²) in [5.74, 6) is -0.0105. The molecular weight excluding hydrogens is 348 g/mol. The summed E-state index contributed by atoms with van der Waals surface area (Å²) in [6.07, 6.45) is 2.35. The highest BCUT2D eigenvalue weighted by Crippen LogP contribution is 2.38. The fourth-order valence-electron chi connectivity index (χ4n) is 4.08. The average Bonchev–Trinajstić information content (AvgIpc) is 2.96. The summed E-state index contributed by atoms with van der Waals surface area (Å²) in [6, 6.07) is 12.7. The standard InChI is InChI=1S/C20H22N2O3S/c1-14-12-16-6-3-4-8-20(16)22(14)26(24,25)18-9-10-19-17(13-18)7-5-11-21(19)15(2)23/h3-4,6,8-10,13-14H,5,7,11-12H2,1-2H3/t14-/m0/s1. The molecule has 1 amide bonds. The molecule has 136 valence electrons. The maximum absolute atomic E-state index is 13.4. The van der Waals surface area contributed by atoms with E-state index in [1.165, 1.54) is 4.31 Å². The highest BCUT2D eigenvalue weighted by atomic mass is 32.2. The molecule has 2 aliphatic heterocycles. The van der Waals surface area contributed by atoms with E-state index in [0.29, 0.717) is 11.4 Å². The lowest BCUT2D eigenvalue weighted by molar-refractivity contribution is -0.116. The number of rotatable bonds is 2. The lowest BCUT2D eigenvalue weighted by Gasteiger charge is -2.30. The fourth-order valence-corrected chi connectivity index (χ4v) is 5.82. The van der Waals surface area contributed by atoms with Crippen LogP contribution in [0.5, 0.6) is 0 Å². The van der Waals surface area contributed by atoms with E-state index < -0.39 is 10.0 Å². The number of anilines is 2. The number of amides is 1. The molecule has 0 fully saturated rings. The number of carbonyl (C=O) groups excluding carboxylic acids is 1. The van der Waals surface area contributed by atoms with E-state index in [9.17, 15) is 13.2 Å². The van der Waals surface area contributed by atoms with Gasteiger partial charge < -0.3 is 4.90 Å². The van der Waals surface area contributed by atoms with Gasteiger partial charge in [0.25, 0.3) is 10.0 Å². The van der Waals surface area contributed by atoms with Crippen LogP contribution in [0.1, 0.15) is 31.4 Å². The van der Waals surface area contributed by atoms with Crippen molar-refractivity contribution in [1.82, 2.24) is 0 Å². The van der Waals surface area contributed by atoms with Gasteiger partial charge >= 0.3 is 0 Å². The van der Waals surface area contributed by atoms with E-state index >= 15 is 0 Å². The van der Waals surface area contributed by atoms with Gasteiger partial charge in [0, 0.05) is 25.2 Å². The second kappa shape index (κ2) is 6.13. The third-order valence-electron chi connectivity index (χ3n) is 5.25. The van der Waals surface area contributed by atoms with Gasteiger partial charge in [-0.05, 0) is 61.6 Å². The van der Waals surface area contributed by atoms with E-state index in [4.69, 9.17) is 0 Å². The Morgan fingerprint density at radius 3 is 2.62 bits per heavy atom. The van der Waals surface area contributed by atoms with Crippen LogP contribution in [0.4, 0.5) is 11.4 Å². The summed E-state index contributed by atoms with van der Waals surface area (Å²) < 4.78 is 28.2. The number of sulfonamides is 1. The maximum Gasteiger partial charge on any atom is 0.264 e. The van der Waals surface area contributed by atoms with Crippen LogP contribution in [0.25, 0.3) is 0 Å². The minimum atomic E-state index is -3.64. The first kappa shape index (κ1) is 17.1. The quantitative estimate of drug-likeness (QED) is 0.816. The van der Waals surface area contributed by atoms with Crippen LogP contribution in [0.2, 0.25) is 0 Å². The van der Waals surface area contributed by atoms with Crippen LogP contribution in [0, 0.1) is 0 Å². The summed E-state index contributed by atoms with van der Waals surface area (Å²) in [4.78, 5) is 13.9. The van der Waals surface area contributed by atoms with Crippen molar-refractivity contribution >= 4 is 27.3 Å². The lowest BCUT2D eigenvalue weighted by atomic mass is 10.0. The fraction of sp³-hybridized carbons (Fsp3) is 0.350. The highest BCUT2D eigenvalue weighted by Gasteiger charge is 2.36. The highest BCUT2D eigenvalue weighted by molar-refractivity contribution is 7.92. The van der Waals surface area contributed by atoms with E-state index in [0.717, 1.165) is 41.8 Å². The number of fused-ring (bicyclic) bond motifs is 2. The molecule has 4 rings (SSSR count). The van der Waals surface area contributed by atoms with Gasteiger partial charge in [-0.3, -0.25) is 9.10 Å². The number of hydrogen-bond donors (Lipinski definition) is 0.